The monoisotopic (exact) mass is 471 g/mol. The third-order valence-electron chi connectivity index (χ3n) is 5.49. The van der Waals surface area contributed by atoms with Gasteiger partial charge in [0.05, 0.1) is 5.52 Å². The summed E-state index contributed by atoms with van der Waals surface area (Å²) in [4.78, 5) is 30.3. The summed E-state index contributed by atoms with van der Waals surface area (Å²) >= 11 is 0. The Morgan fingerprint density at radius 3 is 2.55 bits per heavy atom. The Labute approximate surface area is 190 Å². The zero-order valence-electron chi connectivity index (χ0n) is 17.5. The standard InChI is InChI=1S/C22H22FN5O4S/c23-17-8-6-15(7-9-17)13-26-22(30)27-11-12-28(18(14-27)21(24)29)33(31,32)19-5-1-3-16-4-2-10-25-20(16)19/h1-10,18H,11-14H2,(H2,24,29)(H,26,30). The Kier molecular flexibility index (Phi) is 6.25. The van der Waals surface area contributed by atoms with Gasteiger partial charge in [-0.3, -0.25) is 9.78 Å². The number of fused-ring (bicyclic) bond motifs is 1. The van der Waals surface area contributed by atoms with Crippen molar-refractivity contribution in [2.45, 2.75) is 17.5 Å². The van der Waals surface area contributed by atoms with Crippen LogP contribution >= 0.6 is 0 Å². The van der Waals surface area contributed by atoms with Crippen LogP contribution in [0, 0.1) is 5.82 Å². The molecule has 9 nitrogen and oxygen atoms in total. The Morgan fingerprint density at radius 2 is 1.82 bits per heavy atom. The number of carbonyl (C=O) groups is 2. The maximum atomic E-state index is 13.5. The molecule has 0 saturated carbocycles. The van der Waals surface area contributed by atoms with Crippen LogP contribution in [0.4, 0.5) is 9.18 Å². The van der Waals surface area contributed by atoms with E-state index in [1.807, 2.05) is 0 Å². The van der Waals surface area contributed by atoms with Crippen molar-refractivity contribution in [3.05, 3.63) is 72.2 Å². The summed E-state index contributed by atoms with van der Waals surface area (Å²) in [5.74, 6) is -1.24. The van der Waals surface area contributed by atoms with Crippen LogP contribution in [0.1, 0.15) is 5.56 Å². The first-order chi connectivity index (χ1) is 15.8. The Balaban J connectivity index is 1.52. The summed E-state index contributed by atoms with van der Waals surface area (Å²) in [6, 6.07) is 12.2. The minimum Gasteiger partial charge on any atom is -0.368 e. The van der Waals surface area contributed by atoms with Crippen LogP contribution in [0.2, 0.25) is 0 Å². The first-order valence-electron chi connectivity index (χ1n) is 10.2. The van der Waals surface area contributed by atoms with E-state index in [9.17, 15) is 22.4 Å². The van der Waals surface area contributed by atoms with Crippen molar-refractivity contribution in [1.82, 2.24) is 19.5 Å². The third kappa shape index (κ3) is 4.64. The number of sulfonamides is 1. The van der Waals surface area contributed by atoms with E-state index in [2.05, 4.69) is 10.3 Å². The fourth-order valence-electron chi connectivity index (χ4n) is 3.77. The van der Waals surface area contributed by atoms with Gasteiger partial charge in [-0.15, -0.1) is 0 Å². The zero-order chi connectivity index (χ0) is 23.6. The highest BCUT2D eigenvalue weighted by atomic mass is 32.2. The molecular formula is C22H22FN5O4S. The molecule has 4 rings (SSSR count). The Morgan fingerprint density at radius 1 is 1.09 bits per heavy atom. The molecule has 33 heavy (non-hydrogen) atoms. The number of pyridine rings is 1. The molecule has 1 aliphatic rings. The summed E-state index contributed by atoms with van der Waals surface area (Å²) in [5.41, 5.74) is 6.52. The molecule has 2 heterocycles. The zero-order valence-corrected chi connectivity index (χ0v) is 18.3. The van der Waals surface area contributed by atoms with Crippen molar-refractivity contribution in [2.24, 2.45) is 5.73 Å². The van der Waals surface area contributed by atoms with Crippen molar-refractivity contribution in [1.29, 1.82) is 0 Å². The number of hydrogen-bond acceptors (Lipinski definition) is 5. The summed E-state index contributed by atoms with van der Waals surface area (Å²) in [7, 11) is -4.12. The number of nitrogens with two attached hydrogens (primary N) is 1. The average Bonchev–Trinajstić information content (AvgIpc) is 2.82. The van der Waals surface area contributed by atoms with Gasteiger partial charge in [0, 0.05) is 37.8 Å². The van der Waals surface area contributed by atoms with E-state index in [0.29, 0.717) is 16.5 Å². The molecule has 1 aliphatic heterocycles. The smallest absolute Gasteiger partial charge is 0.317 e. The highest BCUT2D eigenvalue weighted by Crippen LogP contribution is 2.27. The predicted molar refractivity (Wildman–Crippen MR) is 119 cm³/mol. The lowest BCUT2D eigenvalue weighted by Crippen LogP contribution is -2.61. The minimum atomic E-state index is -4.12. The molecule has 1 atom stereocenters. The highest BCUT2D eigenvalue weighted by molar-refractivity contribution is 7.89. The topological polar surface area (TPSA) is 126 Å². The Bertz CT molecular complexity index is 1290. The molecular weight excluding hydrogens is 449 g/mol. The maximum absolute atomic E-state index is 13.5. The van der Waals surface area contributed by atoms with Crippen LogP contribution in [0.15, 0.2) is 65.7 Å². The number of primary amides is 1. The van der Waals surface area contributed by atoms with E-state index >= 15 is 0 Å². The number of hydrogen-bond donors (Lipinski definition) is 2. The summed E-state index contributed by atoms with van der Waals surface area (Å²) in [6.07, 6.45) is 1.50. The van der Waals surface area contributed by atoms with Crippen molar-refractivity contribution in [3.8, 4) is 0 Å². The number of para-hydroxylation sites is 1. The van der Waals surface area contributed by atoms with Gasteiger partial charge in [-0.05, 0) is 29.8 Å². The number of amides is 3. The number of benzene rings is 2. The SMILES string of the molecule is NC(=O)C1CN(C(=O)NCc2ccc(F)cc2)CCN1S(=O)(=O)c1cccc2cccnc12. The molecule has 0 radical (unpaired) electrons. The predicted octanol–water partition coefficient (Wildman–Crippen LogP) is 1.44. The summed E-state index contributed by atoms with van der Waals surface area (Å²) in [5, 5.41) is 3.34. The molecule has 2 aromatic carbocycles. The van der Waals surface area contributed by atoms with Gasteiger partial charge < -0.3 is 16.0 Å². The largest absolute Gasteiger partial charge is 0.368 e. The van der Waals surface area contributed by atoms with Gasteiger partial charge in [-0.25, -0.2) is 17.6 Å². The minimum absolute atomic E-state index is 0.0268. The third-order valence-corrected chi connectivity index (χ3v) is 7.43. The lowest BCUT2D eigenvalue weighted by molar-refractivity contribution is -0.122. The van der Waals surface area contributed by atoms with E-state index in [-0.39, 0.29) is 36.9 Å². The average molecular weight is 472 g/mol. The molecule has 0 spiro atoms. The number of rotatable bonds is 5. The van der Waals surface area contributed by atoms with Crippen molar-refractivity contribution in [2.75, 3.05) is 19.6 Å². The molecule has 1 unspecified atom stereocenters. The maximum Gasteiger partial charge on any atom is 0.317 e. The fraction of sp³-hybridized carbons (Fsp3) is 0.227. The van der Waals surface area contributed by atoms with Crippen LogP contribution in [-0.4, -0.2) is 60.2 Å². The number of nitrogens with zero attached hydrogens (tertiary/aromatic N) is 3. The second kappa shape index (κ2) is 9.12. The van der Waals surface area contributed by atoms with Gasteiger partial charge in [0.15, 0.2) is 0 Å². The van der Waals surface area contributed by atoms with Gasteiger partial charge in [-0.2, -0.15) is 4.31 Å². The number of aromatic nitrogens is 1. The molecule has 1 aromatic heterocycles. The van der Waals surface area contributed by atoms with Gasteiger partial charge >= 0.3 is 6.03 Å². The van der Waals surface area contributed by atoms with Crippen molar-refractivity contribution < 1.29 is 22.4 Å². The molecule has 3 N–H and O–H groups in total. The van der Waals surface area contributed by atoms with Crippen LogP contribution in [-0.2, 0) is 21.4 Å². The number of piperazine rings is 1. The van der Waals surface area contributed by atoms with E-state index in [1.54, 1.807) is 36.4 Å². The van der Waals surface area contributed by atoms with Crippen LogP contribution in [0.5, 0.6) is 0 Å². The van der Waals surface area contributed by atoms with Gasteiger partial charge in [-0.1, -0.05) is 30.3 Å². The molecule has 11 heteroatoms. The first kappa shape index (κ1) is 22.6. The second-order valence-corrected chi connectivity index (χ2v) is 9.46. The van der Waals surface area contributed by atoms with Crippen LogP contribution in [0.3, 0.4) is 0 Å². The van der Waals surface area contributed by atoms with Gasteiger partial charge in [0.1, 0.15) is 16.8 Å². The summed E-state index contributed by atoms with van der Waals surface area (Å²) in [6.45, 7) is -0.0812. The molecule has 0 aliphatic carbocycles. The second-order valence-electron chi connectivity index (χ2n) is 7.60. The molecule has 3 aromatic rings. The van der Waals surface area contributed by atoms with Crippen molar-refractivity contribution >= 4 is 32.9 Å². The lowest BCUT2D eigenvalue weighted by atomic mass is 10.2. The van der Waals surface area contributed by atoms with E-state index in [4.69, 9.17) is 5.73 Å². The molecule has 0 bridgehead atoms. The van der Waals surface area contributed by atoms with Gasteiger partial charge in [0.25, 0.3) is 0 Å². The highest BCUT2D eigenvalue weighted by Gasteiger charge is 2.41. The quantitative estimate of drug-likeness (QED) is 0.583. The fourth-order valence-corrected chi connectivity index (χ4v) is 5.52. The lowest BCUT2D eigenvalue weighted by Gasteiger charge is -2.38. The number of halogens is 1. The number of urea groups is 1. The summed E-state index contributed by atoms with van der Waals surface area (Å²) < 4.78 is 41.0. The molecule has 172 valence electrons. The normalized spacial score (nSPS) is 17.1. The molecule has 3 amide bonds. The molecule has 1 saturated heterocycles. The van der Waals surface area contributed by atoms with E-state index in [1.165, 1.54) is 29.3 Å². The van der Waals surface area contributed by atoms with Gasteiger partial charge in [0.2, 0.25) is 15.9 Å². The van der Waals surface area contributed by atoms with Crippen LogP contribution in [0.25, 0.3) is 10.9 Å². The first-order valence-corrected chi connectivity index (χ1v) is 11.6. The Hall–Kier alpha value is -3.57. The number of carbonyl (C=O) groups excluding carboxylic acids is 2. The molecule has 1 fully saturated rings. The number of nitrogens with one attached hydrogen (secondary N) is 1. The van der Waals surface area contributed by atoms with E-state index in [0.717, 1.165) is 4.31 Å². The van der Waals surface area contributed by atoms with E-state index < -0.39 is 28.0 Å². The van der Waals surface area contributed by atoms with Crippen molar-refractivity contribution in [3.63, 3.8) is 0 Å². The van der Waals surface area contributed by atoms with Crippen LogP contribution < -0.4 is 11.1 Å².